The first-order valence-corrected chi connectivity index (χ1v) is 5.30. The molecule has 0 aliphatic carbocycles. The normalized spacial score (nSPS) is 34.6. The van der Waals surface area contributed by atoms with Crippen molar-refractivity contribution < 1.29 is 8.42 Å². The van der Waals surface area contributed by atoms with Crippen LogP contribution in [-0.2, 0) is 9.05 Å². The predicted molar refractivity (Wildman–Crippen MR) is 39.2 cm³/mol. The molecule has 60 valence electrons. The van der Waals surface area contributed by atoms with Crippen LogP contribution in [0.25, 0.3) is 0 Å². The van der Waals surface area contributed by atoms with Crippen molar-refractivity contribution in [2.45, 2.75) is 18.5 Å². The molecule has 0 aromatic rings. The van der Waals surface area contributed by atoms with Crippen LogP contribution in [0, 0.1) is 0 Å². The SMILES string of the molecule is CC1NCC(S(=O)(=O)Cl)N1. The van der Waals surface area contributed by atoms with Crippen LogP contribution in [0.1, 0.15) is 6.92 Å². The van der Waals surface area contributed by atoms with Gasteiger partial charge in [-0.1, -0.05) is 0 Å². The zero-order valence-corrected chi connectivity index (χ0v) is 7.04. The molecular weight excluding hydrogens is 176 g/mol. The number of halogens is 1. The summed E-state index contributed by atoms with van der Waals surface area (Å²) in [6.07, 6.45) is 0.0264. The Hall–Kier alpha value is 0.160. The first-order chi connectivity index (χ1) is 4.50. The van der Waals surface area contributed by atoms with Crippen molar-refractivity contribution in [3.8, 4) is 0 Å². The van der Waals surface area contributed by atoms with Crippen LogP contribution >= 0.6 is 10.7 Å². The minimum atomic E-state index is -3.44. The maximum atomic E-state index is 10.6. The summed E-state index contributed by atoms with van der Waals surface area (Å²) in [7, 11) is 1.64. The summed E-state index contributed by atoms with van der Waals surface area (Å²) in [6, 6.07) is 0. The zero-order chi connectivity index (χ0) is 7.78. The highest BCUT2D eigenvalue weighted by Crippen LogP contribution is 2.07. The van der Waals surface area contributed by atoms with E-state index in [1.807, 2.05) is 6.92 Å². The summed E-state index contributed by atoms with van der Waals surface area (Å²) in [5.41, 5.74) is 0. The van der Waals surface area contributed by atoms with Gasteiger partial charge in [-0.05, 0) is 6.92 Å². The van der Waals surface area contributed by atoms with Crippen molar-refractivity contribution in [1.82, 2.24) is 10.6 Å². The van der Waals surface area contributed by atoms with E-state index < -0.39 is 14.4 Å². The van der Waals surface area contributed by atoms with E-state index in [1.165, 1.54) is 0 Å². The van der Waals surface area contributed by atoms with E-state index in [4.69, 9.17) is 10.7 Å². The Balaban J connectivity index is 2.62. The molecule has 4 nitrogen and oxygen atoms in total. The molecule has 0 radical (unpaired) electrons. The lowest BCUT2D eigenvalue weighted by Gasteiger charge is -2.04. The lowest BCUT2D eigenvalue weighted by atomic mass is 10.6. The Kier molecular flexibility index (Phi) is 2.19. The molecule has 1 saturated heterocycles. The Labute approximate surface area is 64.4 Å². The standard InChI is InChI=1S/C4H9ClN2O2S/c1-3-6-2-4(7-3)10(5,8)9/h3-4,6-7H,2H2,1H3. The van der Waals surface area contributed by atoms with Crippen molar-refractivity contribution >= 4 is 19.7 Å². The summed E-state index contributed by atoms with van der Waals surface area (Å²) in [5.74, 6) is 0. The fourth-order valence-corrected chi connectivity index (χ4v) is 1.87. The molecule has 1 fully saturated rings. The van der Waals surface area contributed by atoms with E-state index >= 15 is 0 Å². The quantitative estimate of drug-likeness (QED) is 0.536. The fourth-order valence-electron chi connectivity index (χ4n) is 0.861. The monoisotopic (exact) mass is 184 g/mol. The molecule has 10 heavy (non-hydrogen) atoms. The van der Waals surface area contributed by atoms with E-state index in [-0.39, 0.29) is 6.17 Å². The Bertz CT molecular complexity index is 215. The second-order valence-corrected chi connectivity index (χ2v) is 5.07. The van der Waals surface area contributed by atoms with E-state index in [1.54, 1.807) is 0 Å². The summed E-state index contributed by atoms with van der Waals surface area (Å²) in [6.45, 7) is 2.22. The van der Waals surface area contributed by atoms with Gasteiger partial charge in [-0.2, -0.15) is 0 Å². The van der Waals surface area contributed by atoms with E-state index in [9.17, 15) is 8.42 Å². The predicted octanol–water partition coefficient (Wildman–Crippen LogP) is -0.580. The Morgan fingerprint density at radius 3 is 2.40 bits per heavy atom. The van der Waals surface area contributed by atoms with E-state index in [0.717, 1.165) is 0 Å². The van der Waals surface area contributed by atoms with Gasteiger partial charge in [-0.15, -0.1) is 0 Å². The first kappa shape index (κ1) is 8.26. The van der Waals surface area contributed by atoms with Gasteiger partial charge in [0, 0.05) is 17.2 Å². The molecule has 1 aliphatic heterocycles. The van der Waals surface area contributed by atoms with Gasteiger partial charge in [0.05, 0.1) is 6.17 Å². The van der Waals surface area contributed by atoms with E-state index in [0.29, 0.717) is 6.54 Å². The molecule has 1 heterocycles. The molecule has 0 aromatic carbocycles. The molecule has 0 amide bonds. The highest BCUT2D eigenvalue weighted by atomic mass is 35.7. The Morgan fingerprint density at radius 2 is 2.20 bits per heavy atom. The van der Waals surface area contributed by atoms with Crippen LogP contribution in [0.3, 0.4) is 0 Å². The number of rotatable bonds is 1. The van der Waals surface area contributed by atoms with Gasteiger partial charge in [0.25, 0.3) is 0 Å². The van der Waals surface area contributed by atoms with E-state index in [2.05, 4.69) is 10.6 Å². The molecule has 6 heteroatoms. The van der Waals surface area contributed by atoms with Crippen LogP contribution in [0.2, 0.25) is 0 Å². The van der Waals surface area contributed by atoms with Crippen LogP contribution < -0.4 is 10.6 Å². The molecule has 0 bridgehead atoms. The molecular formula is C4H9ClN2O2S. The minimum Gasteiger partial charge on any atom is -0.299 e. The van der Waals surface area contributed by atoms with Crippen LogP contribution in [0.4, 0.5) is 0 Å². The topological polar surface area (TPSA) is 58.2 Å². The van der Waals surface area contributed by atoms with Gasteiger partial charge in [0.15, 0.2) is 0 Å². The summed E-state index contributed by atoms with van der Waals surface area (Å²) in [4.78, 5) is 0. The lowest BCUT2D eigenvalue weighted by molar-refractivity contribution is 0.570. The maximum absolute atomic E-state index is 10.6. The third kappa shape index (κ3) is 1.82. The van der Waals surface area contributed by atoms with Gasteiger partial charge >= 0.3 is 0 Å². The average Bonchev–Trinajstić information content (AvgIpc) is 2.11. The van der Waals surface area contributed by atoms with Gasteiger partial charge in [-0.25, -0.2) is 8.42 Å². The van der Waals surface area contributed by atoms with Gasteiger partial charge in [0.2, 0.25) is 9.05 Å². The summed E-state index contributed by atoms with van der Waals surface area (Å²) >= 11 is 0. The zero-order valence-electron chi connectivity index (χ0n) is 5.46. The number of hydrogen-bond acceptors (Lipinski definition) is 4. The summed E-state index contributed by atoms with van der Waals surface area (Å²) in [5, 5.41) is 5.03. The van der Waals surface area contributed by atoms with Gasteiger partial charge < -0.3 is 0 Å². The second-order valence-electron chi connectivity index (χ2n) is 2.26. The van der Waals surface area contributed by atoms with Gasteiger partial charge in [-0.3, -0.25) is 10.6 Å². The molecule has 1 rings (SSSR count). The Morgan fingerprint density at radius 1 is 1.60 bits per heavy atom. The fraction of sp³-hybridized carbons (Fsp3) is 1.00. The van der Waals surface area contributed by atoms with Crippen LogP contribution in [-0.4, -0.2) is 26.5 Å². The van der Waals surface area contributed by atoms with Crippen molar-refractivity contribution in [2.75, 3.05) is 6.54 Å². The second kappa shape index (κ2) is 2.65. The number of nitrogens with one attached hydrogen (secondary N) is 2. The third-order valence-electron chi connectivity index (χ3n) is 1.39. The number of hydrogen-bond donors (Lipinski definition) is 2. The average molecular weight is 185 g/mol. The summed E-state index contributed by atoms with van der Waals surface area (Å²) < 4.78 is 21.3. The highest BCUT2D eigenvalue weighted by molar-refractivity contribution is 8.14. The smallest absolute Gasteiger partial charge is 0.249 e. The molecule has 0 spiro atoms. The van der Waals surface area contributed by atoms with Crippen LogP contribution in [0.15, 0.2) is 0 Å². The first-order valence-electron chi connectivity index (χ1n) is 2.93. The molecule has 1 aliphatic rings. The third-order valence-corrected chi connectivity index (χ3v) is 3.01. The largest absolute Gasteiger partial charge is 0.299 e. The van der Waals surface area contributed by atoms with Crippen molar-refractivity contribution in [1.29, 1.82) is 0 Å². The minimum absolute atomic E-state index is 0.0264. The molecule has 2 atom stereocenters. The highest BCUT2D eigenvalue weighted by Gasteiger charge is 2.29. The van der Waals surface area contributed by atoms with Crippen LogP contribution in [0.5, 0.6) is 0 Å². The molecule has 2 N–H and O–H groups in total. The molecule has 0 saturated carbocycles. The van der Waals surface area contributed by atoms with Crippen molar-refractivity contribution in [2.24, 2.45) is 0 Å². The van der Waals surface area contributed by atoms with Crippen molar-refractivity contribution in [3.63, 3.8) is 0 Å². The maximum Gasteiger partial charge on any atom is 0.249 e. The lowest BCUT2D eigenvalue weighted by Crippen LogP contribution is -2.33. The van der Waals surface area contributed by atoms with Crippen molar-refractivity contribution in [3.05, 3.63) is 0 Å². The molecule has 2 unspecified atom stereocenters. The molecule has 0 aromatic heterocycles. The van der Waals surface area contributed by atoms with Gasteiger partial charge in [0.1, 0.15) is 5.37 Å².